The average Bonchev–Trinajstić information content (AvgIpc) is 3.16. The molecule has 0 fully saturated rings. The van der Waals surface area contributed by atoms with E-state index in [-0.39, 0.29) is 11.7 Å². The van der Waals surface area contributed by atoms with Crippen molar-refractivity contribution in [2.45, 2.75) is 11.8 Å². The highest BCUT2D eigenvalue weighted by Crippen LogP contribution is 2.21. The van der Waals surface area contributed by atoms with Gasteiger partial charge in [-0.1, -0.05) is 42.1 Å². The molecule has 0 saturated carbocycles. The van der Waals surface area contributed by atoms with Crippen LogP contribution in [-0.2, 0) is 16.2 Å². The summed E-state index contributed by atoms with van der Waals surface area (Å²) in [5, 5.41) is 8.60. The predicted molar refractivity (Wildman–Crippen MR) is 98.0 cm³/mol. The average molecular weight is 370 g/mol. The Morgan fingerprint density at radius 1 is 1.15 bits per heavy atom. The van der Waals surface area contributed by atoms with Crippen LogP contribution in [0, 0.1) is 0 Å². The van der Waals surface area contributed by atoms with Crippen molar-refractivity contribution < 1.29 is 14.4 Å². The Morgan fingerprint density at radius 2 is 1.92 bits per heavy atom. The lowest BCUT2D eigenvalue weighted by Gasteiger charge is -2.08. The van der Waals surface area contributed by atoms with Crippen LogP contribution in [0.1, 0.15) is 5.56 Å². The fraction of sp³-hybridized carbons (Fsp3) is 0.167. The molecule has 0 aliphatic heterocycles. The van der Waals surface area contributed by atoms with Crippen LogP contribution in [0.5, 0.6) is 5.75 Å². The van der Waals surface area contributed by atoms with Crippen molar-refractivity contribution >= 4 is 17.7 Å². The third kappa shape index (κ3) is 4.84. The lowest BCUT2D eigenvalue weighted by molar-refractivity contribution is -0.131. The predicted octanol–water partition coefficient (Wildman–Crippen LogP) is 2.62. The number of ether oxygens (including phenoxy) is 1. The molecule has 7 nitrogen and oxygen atoms in total. The number of benzene rings is 2. The Bertz CT molecular complexity index is 837. The number of amides is 1. The second-order valence-corrected chi connectivity index (χ2v) is 6.21. The van der Waals surface area contributed by atoms with Crippen molar-refractivity contribution in [3.8, 4) is 11.4 Å². The molecule has 3 rings (SSSR count). The van der Waals surface area contributed by atoms with Crippen LogP contribution in [0.15, 0.2) is 66.1 Å². The molecular weight excluding hydrogens is 352 g/mol. The minimum absolute atomic E-state index is 0.170. The maximum absolute atomic E-state index is 11.9. The van der Waals surface area contributed by atoms with Gasteiger partial charge in [0.25, 0.3) is 5.91 Å². The van der Waals surface area contributed by atoms with Crippen molar-refractivity contribution in [2.75, 3.05) is 12.9 Å². The summed E-state index contributed by atoms with van der Waals surface area (Å²) in [5.41, 5.74) is 4.31. The Balaban J connectivity index is 1.50. The molecule has 0 saturated heterocycles. The minimum Gasteiger partial charge on any atom is -0.497 e. The third-order valence-corrected chi connectivity index (χ3v) is 4.41. The first kappa shape index (κ1) is 18.0. The molecule has 0 bridgehead atoms. The maximum atomic E-state index is 11.9. The Morgan fingerprint density at radius 3 is 2.65 bits per heavy atom. The fourth-order valence-corrected chi connectivity index (χ4v) is 2.89. The quantitative estimate of drug-likeness (QED) is 0.485. The number of carbonyl (C=O) groups is 1. The molecular formula is C18H18N4O3S. The van der Waals surface area contributed by atoms with Gasteiger partial charge in [0.05, 0.1) is 19.5 Å². The lowest BCUT2D eigenvalue weighted by atomic mass is 10.2. The van der Waals surface area contributed by atoms with Gasteiger partial charge < -0.3 is 4.74 Å². The van der Waals surface area contributed by atoms with E-state index in [1.807, 2.05) is 59.2 Å². The number of thioether (sulfide) groups is 1. The van der Waals surface area contributed by atoms with E-state index in [4.69, 9.17) is 9.57 Å². The second-order valence-electron chi connectivity index (χ2n) is 5.27. The topological polar surface area (TPSA) is 78.3 Å². The summed E-state index contributed by atoms with van der Waals surface area (Å²) >= 11 is 1.28. The molecule has 1 heterocycles. The molecule has 0 aliphatic carbocycles. The maximum Gasteiger partial charge on any atom is 0.254 e. The van der Waals surface area contributed by atoms with E-state index in [2.05, 4.69) is 15.7 Å². The first-order valence-corrected chi connectivity index (χ1v) is 8.86. The van der Waals surface area contributed by atoms with Crippen molar-refractivity contribution in [3.05, 3.63) is 66.5 Å². The molecule has 0 atom stereocenters. The monoisotopic (exact) mass is 370 g/mol. The van der Waals surface area contributed by atoms with Crippen LogP contribution in [0.2, 0.25) is 0 Å². The Kier molecular flexibility index (Phi) is 6.24. The molecule has 0 aliphatic rings. The Hall–Kier alpha value is -2.84. The van der Waals surface area contributed by atoms with E-state index in [0.29, 0.717) is 11.8 Å². The van der Waals surface area contributed by atoms with Crippen LogP contribution >= 0.6 is 11.8 Å². The molecule has 3 aromatic rings. The van der Waals surface area contributed by atoms with Gasteiger partial charge >= 0.3 is 0 Å². The fourth-order valence-electron chi connectivity index (χ4n) is 2.18. The molecule has 0 spiro atoms. The second kappa shape index (κ2) is 9.02. The molecule has 2 aromatic carbocycles. The van der Waals surface area contributed by atoms with E-state index >= 15 is 0 Å². The molecule has 8 heteroatoms. The van der Waals surface area contributed by atoms with Crippen LogP contribution in [0.25, 0.3) is 5.69 Å². The van der Waals surface area contributed by atoms with E-state index < -0.39 is 0 Å². The number of nitrogens with one attached hydrogen (secondary N) is 1. The van der Waals surface area contributed by atoms with Gasteiger partial charge in [0.1, 0.15) is 12.1 Å². The van der Waals surface area contributed by atoms with Crippen molar-refractivity contribution in [2.24, 2.45) is 0 Å². The molecule has 1 N–H and O–H groups in total. The number of nitrogens with zero attached hydrogens (tertiary/aromatic N) is 3. The lowest BCUT2D eigenvalue weighted by Crippen LogP contribution is -2.25. The summed E-state index contributed by atoms with van der Waals surface area (Å²) in [6.45, 7) is 0.319. The summed E-state index contributed by atoms with van der Waals surface area (Å²) in [7, 11) is 1.62. The van der Waals surface area contributed by atoms with Crippen LogP contribution < -0.4 is 10.2 Å². The molecule has 134 valence electrons. The summed E-state index contributed by atoms with van der Waals surface area (Å²) in [6.07, 6.45) is 1.61. The largest absolute Gasteiger partial charge is 0.497 e. The number of aromatic nitrogens is 3. The van der Waals surface area contributed by atoms with Gasteiger partial charge in [0, 0.05) is 5.69 Å². The van der Waals surface area contributed by atoms with E-state index in [1.54, 1.807) is 13.4 Å². The van der Waals surface area contributed by atoms with Crippen LogP contribution in [-0.4, -0.2) is 33.5 Å². The minimum atomic E-state index is -0.241. The number of hydroxylamine groups is 1. The summed E-state index contributed by atoms with van der Waals surface area (Å²) in [4.78, 5) is 17.2. The van der Waals surface area contributed by atoms with Gasteiger partial charge in [-0.2, -0.15) is 0 Å². The van der Waals surface area contributed by atoms with Crippen molar-refractivity contribution in [1.82, 2.24) is 20.2 Å². The third-order valence-electron chi connectivity index (χ3n) is 3.47. The molecule has 26 heavy (non-hydrogen) atoms. The molecule has 0 radical (unpaired) electrons. The normalized spacial score (nSPS) is 10.5. The summed E-state index contributed by atoms with van der Waals surface area (Å²) in [5.74, 6) is 0.699. The van der Waals surface area contributed by atoms with Gasteiger partial charge in [0.2, 0.25) is 0 Å². The standard InChI is InChI=1S/C18H18N4O3S/c1-24-16-9-7-15(8-10-16)22-13-19-20-18(22)26-12-17(23)21-25-11-14-5-3-2-4-6-14/h2-10,13H,11-12H2,1H3,(H,21,23). The van der Waals surface area contributed by atoms with Gasteiger partial charge in [-0.15, -0.1) is 10.2 Å². The first-order chi connectivity index (χ1) is 12.8. The number of hydrogen-bond acceptors (Lipinski definition) is 6. The van der Waals surface area contributed by atoms with Gasteiger partial charge in [-0.05, 0) is 29.8 Å². The zero-order chi connectivity index (χ0) is 18.2. The van der Waals surface area contributed by atoms with E-state index in [0.717, 1.165) is 17.0 Å². The smallest absolute Gasteiger partial charge is 0.254 e. The van der Waals surface area contributed by atoms with Gasteiger partial charge in [-0.25, -0.2) is 5.48 Å². The number of rotatable bonds is 8. The van der Waals surface area contributed by atoms with Crippen molar-refractivity contribution in [1.29, 1.82) is 0 Å². The number of carbonyl (C=O) groups excluding carboxylic acids is 1. The molecule has 1 aromatic heterocycles. The van der Waals surface area contributed by atoms with Gasteiger partial charge in [0.15, 0.2) is 5.16 Å². The molecule has 1 amide bonds. The highest BCUT2D eigenvalue weighted by molar-refractivity contribution is 7.99. The van der Waals surface area contributed by atoms with Crippen LogP contribution in [0.4, 0.5) is 0 Å². The van der Waals surface area contributed by atoms with E-state index in [9.17, 15) is 4.79 Å². The zero-order valence-corrected chi connectivity index (χ0v) is 15.0. The highest BCUT2D eigenvalue weighted by atomic mass is 32.2. The van der Waals surface area contributed by atoms with Gasteiger partial charge in [-0.3, -0.25) is 14.2 Å². The highest BCUT2D eigenvalue weighted by Gasteiger charge is 2.10. The molecule has 0 unspecified atom stereocenters. The number of hydrogen-bond donors (Lipinski definition) is 1. The number of methoxy groups -OCH3 is 1. The summed E-state index contributed by atoms with van der Waals surface area (Å²) in [6, 6.07) is 17.1. The van der Waals surface area contributed by atoms with E-state index in [1.165, 1.54) is 11.8 Å². The van der Waals surface area contributed by atoms with Crippen LogP contribution in [0.3, 0.4) is 0 Å². The SMILES string of the molecule is COc1ccc(-n2cnnc2SCC(=O)NOCc2ccccc2)cc1. The summed E-state index contributed by atoms with van der Waals surface area (Å²) < 4.78 is 6.96. The van der Waals surface area contributed by atoms with Crippen molar-refractivity contribution in [3.63, 3.8) is 0 Å². The zero-order valence-electron chi connectivity index (χ0n) is 14.2. The Labute approximate surface area is 155 Å². The first-order valence-electron chi connectivity index (χ1n) is 7.88.